The fraction of sp³-hybridized carbons (Fsp3) is 0.417. The van der Waals surface area contributed by atoms with Crippen molar-refractivity contribution < 1.29 is 9.90 Å². The summed E-state index contributed by atoms with van der Waals surface area (Å²) in [6, 6.07) is 6.98. The minimum absolute atomic E-state index is 0.332. The molecule has 0 bridgehead atoms. The molecule has 0 unspecified atom stereocenters. The second-order valence-corrected chi connectivity index (χ2v) is 3.97. The van der Waals surface area contributed by atoms with Crippen molar-refractivity contribution >= 4 is 11.7 Å². The maximum absolute atomic E-state index is 10.7. The number of carboxylic acids is 1. The van der Waals surface area contributed by atoms with Crippen molar-refractivity contribution in [3.8, 4) is 0 Å². The van der Waals surface area contributed by atoms with E-state index >= 15 is 0 Å². The zero-order chi connectivity index (χ0) is 11.4. The van der Waals surface area contributed by atoms with Crippen LogP contribution in [0.25, 0.3) is 0 Å². The minimum Gasteiger partial charge on any atom is -0.478 e. The number of hydrazine groups is 1. The van der Waals surface area contributed by atoms with Crippen molar-refractivity contribution in [3.05, 3.63) is 29.8 Å². The number of hydrogen-bond acceptors (Lipinski definition) is 3. The molecule has 16 heavy (non-hydrogen) atoms. The number of nitrogens with zero attached hydrogens (tertiary/aromatic N) is 1. The molecular formula is C12H16N2O2. The first-order valence-electron chi connectivity index (χ1n) is 5.62. The molecule has 0 radical (unpaired) electrons. The molecule has 86 valence electrons. The number of rotatable bonds is 2. The molecule has 1 saturated heterocycles. The van der Waals surface area contributed by atoms with Crippen LogP contribution in [0.15, 0.2) is 24.3 Å². The van der Waals surface area contributed by atoms with Gasteiger partial charge in [0.1, 0.15) is 0 Å². The Labute approximate surface area is 94.9 Å². The average Bonchev–Trinajstić information content (AvgIpc) is 2.57. The summed E-state index contributed by atoms with van der Waals surface area (Å²) in [5, 5.41) is 10.9. The molecule has 1 aromatic rings. The molecule has 2 N–H and O–H groups in total. The lowest BCUT2D eigenvalue weighted by atomic mass is 10.2. The molecule has 2 rings (SSSR count). The maximum atomic E-state index is 10.7. The highest BCUT2D eigenvalue weighted by Crippen LogP contribution is 2.16. The van der Waals surface area contributed by atoms with E-state index in [0.29, 0.717) is 5.56 Å². The number of nitrogens with one attached hydrogen (secondary N) is 1. The third-order valence-electron chi connectivity index (χ3n) is 2.79. The fourth-order valence-electron chi connectivity index (χ4n) is 1.87. The first-order chi connectivity index (χ1) is 7.77. The van der Waals surface area contributed by atoms with Crippen LogP contribution in [-0.4, -0.2) is 24.2 Å². The molecule has 0 aromatic heterocycles. The summed E-state index contributed by atoms with van der Waals surface area (Å²) in [7, 11) is 0. The van der Waals surface area contributed by atoms with E-state index in [2.05, 4.69) is 10.4 Å². The van der Waals surface area contributed by atoms with Gasteiger partial charge in [-0.25, -0.2) is 10.2 Å². The topological polar surface area (TPSA) is 52.6 Å². The van der Waals surface area contributed by atoms with Gasteiger partial charge in [0.25, 0.3) is 0 Å². The van der Waals surface area contributed by atoms with Gasteiger partial charge in [0.2, 0.25) is 0 Å². The molecule has 1 aliphatic rings. The molecule has 1 fully saturated rings. The highest BCUT2D eigenvalue weighted by atomic mass is 16.4. The summed E-state index contributed by atoms with van der Waals surface area (Å²) in [4.78, 5) is 10.7. The van der Waals surface area contributed by atoms with Gasteiger partial charge in [-0.15, -0.1) is 0 Å². The molecule has 0 aliphatic carbocycles. The van der Waals surface area contributed by atoms with Crippen LogP contribution in [0, 0.1) is 0 Å². The van der Waals surface area contributed by atoms with Crippen molar-refractivity contribution in [1.82, 2.24) is 5.43 Å². The van der Waals surface area contributed by atoms with E-state index in [1.165, 1.54) is 19.3 Å². The van der Waals surface area contributed by atoms with Gasteiger partial charge in [-0.1, -0.05) is 6.42 Å². The molecule has 0 saturated carbocycles. The Morgan fingerprint density at radius 1 is 1.19 bits per heavy atom. The van der Waals surface area contributed by atoms with E-state index in [0.717, 1.165) is 18.8 Å². The lowest BCUT2D eigenvalue weighted by molar-refractivity contribution is 0.0697. The van der Waals surface area contributed by atoms with Crippen LogP contribution < -0.4 is 10.4 Å². The third kappa shape index (κ3) is 2.52. The molecule has 4 nitrogen and oxygen atoms in total. The summed E-state index contributed by atoms with van der Waals surface area (Å²) in [6.07, 6.45) is 3.62. The predicted octanol–water partition coefficient (Wildman–Crippen LogP) is 1.88. The SMILES string of the molecule is O=C(O)c1ccc(N2CCCCCN2)cc1. The summed E-state index contributed by atoms with van der Waals surface area (Å²) < 4.78 is 0. The standard InChI is InChI=1S/C12H16N2O2/c15-12(16)10-4-6-11(7-5-10)14-9-3-1-2-8-13-14/h4-7,13H,1-3,8-9H2,(H,15,16). The van der Waals surface area contributed by atoms with Crippen molar-refractivity contribution in [1.29, 1.82) is 0 Å². The summed E-state index contributed by atoms with van der Waals surface area (Å²) in [5.74, 6) is -0.879. The van der Waals surface area contributed by atoms with Crippen LogP contribution >= 0.6 is 0 Å². The molecule has 0 amide bonds. The number of carboxylic acid groups (broad SMARTS) is 1. The Kier molecular flexibility index (Phi) is 3.41. The minimum atomic E-state index is -0.879. The Morgan fingerprint density at radius 2 is 1.94 bits per heavy atom. The summed E-state index contributed by atoms with van der Waals surface area (Å²) in [6.45, 7) is 1.97. The Hall–Kier alpha value is -1.55. The number of anilines is 1. The van der Waals surface area contributed by atoms with Gasteiger partial charge < -0.3 is 10.1 Å². The van der Waals surface area contributed by atoms with Crippen molar-refractivity contribution in [2.45, 2.75) is 19.3 Å². The van der Waals surface area contributed by atoms with Crippen molar-refractivity contribution in [2.24, 2.45) is 0 Å². The van der Waals surface area contributed by atoms with Gasteiger partial charge in [-0.05, 0) is 37.1 Å². The summed E-state index contributed by atoms with van der Waals surface area (Å²) >= 11 is 0. The van der Waals surface area contributed by atoms with Crippen LogP contribution in [0.4, 0.5) is 5.69 Å². The van der Waals surface area contributed by atoms with Gasteiger partial charge in [0.05, 0.1) is 11.3 Å². The van der Waals surface area contributed by atoms with Gasteiger partial charge in [-0.3, -0.25) is 0 Å². The maximum Gasteiger partial charge on any atom is 0.335 e. The predicted molar refractivity (Wildman–Crippen MR) is 62.6 cm³/mol. The third-order valence-corrected chi connectivity index (χ3v) is 2.79. The lowest BCUT2D eigenvalue weighted by Crippen LogP contribution is -2.37. The van der Waals surface area contributed by atoms with Gasteiger partial charge in [-0.2, -0.15) is 0 Å². The highest BCUT2D eigenvalue weighted by molar-refractivity contribution is 5.88. The van der Waals surface area contributed by atoms with Crippen LogP contribution in [0.2, 0.25) is 0 Å². The fourth-order valence-corrected chi connectivity index (χ4v) is 1.87. The van der Waals surface area contributed by atoms with Gasteiger partial charge in [0, 0.05) is 13.1 Å². The molecule has 1 heterocycles. The van der Waals surface area contributed by atoms with Gasteiger partial charge in [0.15, 0.2) is 0 Å². The average molecular weight is 220 g/mol. The van der Waals surface area contributed by atoms with Crippen LogP contribution in [0.1, 0.15) is 29.6 Å². The Bertz CT molecular complexity index is 354. The molecule has 0 spiro atoms. The normalized spacial score (nSPS) is 16.9. The van der Waals surface area contributed by atoms with E-state index in [1.54, 1.807) is 12.1 Å². The lowest BCUT2D eigenvalue weighted by Gasteiger charge is -2.23. The van der Waals surface area contributed by atoms with E-state index in [4.69, 9.17) is 5.11 Å². The zero-order valence-corrected chi connectivity index (χ0v) is 9.15. The van der Waals surface area contributed by atoms with Crippen LogP contribution in [0.5, 0.6) is 0 Å². The van der Waals surface area contributed by atoms with E-state index in [1.807, 2.05) is 12.1 Å². The van der Waals surface area contributed by atoms with Gasteiger partial charge >= 0.3 is 5.97 Å². The second-order valence-electron chi connectivity index (χ2n) is 3.97. The first-order valence-corrected chi connectivity index (χ1v) is 5.62. The molecular weight excluding hydrogens is 204 g/mol. The van der Waals surface area contributed by atoms with E-state index in [-0.39, 0.29) is 0 Å². The molecule has 0 atom stereocenters. The van der Waals surface area contributed by atoms with Crippen LogP contribution in [0.3, 0.4) is 0 Å². The Balaban J connectivity index is 2.10. The van der Waals surface area contributed by atoms with Crippen LogP contribution in [-0.2, 0) is 0 Å². The number of carbonyl (C=O) groups is 1. The zero-order valence-electron chi connectivity index (χ0n) is 9.15. The number of benzene rings is 1. The van der Waals surface area contributed by atoms with E-state index < -0.39 is 5.97 Å². The largest absolute Gasteiger partial charge is 0.478 e. The smallest absolute Gasteiger partial charge is 0.335 e. The monoisotopic (exact) mass is 220 g/mol. The van der Waals surface area contributed by atoms with Crippen molar-refractivity contribution in [3.63, 3.8) is 0 Å². The van der Waals surface area contributed by atoms with Crippen molar-refractivity contribution in [2.75, 3.05) is 18.1 Å². The molecule has 1 aliphatic heterocycles. The number of hydrogen-bond donors (Lipinski definition) is 2. The summed E-state index contributed by atoms with van der Waals surface area (Å²) in [5.41, 5.74) is 4.70. The highest BCUT2D eigenvalue weighted by Gasteiger charge is 2.09. The Morgan fingerprint density at radius 3 is 2.62 bits per heavy atom. The molecule has 4 heteroatoms. The first kappa shape index (κ1) is 11.0. The van der Waals surface area contributed by atoms with E-state index in [9.17, 15) is 4.79 Å². The quantitative estimate of drug-likeness (QED) is 0.799. The second kappa shape index (κ2) is 4.99. The number of aromatic carboxylic acids is 1. The molecule has 1 aromatic carbocycles.